The number of hydrogen-bond acceptors (Lipinski definition) is 4. The summed E-state index contributed by atoms with van der Waals surface area (Å²) in [6.45, 7) is 1.41. The first kappa shape index (κ1) is 21.1. The molecule has 0 bridgehead atoms. The molecule has 3 aromatic rings. The Morgan fingerprint density at radius 1 is 1.09 bits per heavy atom. The van der Waals surface area contributed by atoms with E-state index >= 15 is 0 Å². The number of pyridine rings is 1. The Morgan fingerprint density at radius 2 is 1.84 bits per heavy atom. The lowest BCUT2D eigenvalue weighted by atomic mass is 9.77. The van der Waals surface area contributed by atoms with Gasteiger partial charge in [-0.25, -0.2) is 4.98 Å². The van der Waals surface area contributed by atoms with E-state index in [2.05, 4.69) is 28.1 Å². The molecule has 2 fully saturated rings. The number of aromatic nitrogens is 1. The fourth-order valence-corrected chi connectivity index (χ4v) is 6.81. The van der Waals surface area contributed by atoms with Crippen LogP contribution in [0.15, 0.2) is 48.7 Å². The molecule has 5 nitrogen and oxygen atoms in total. The zero-order valence-electron chi connectivity index (χ0n) is 18.7. The number of likely N-dealkylation sites (tertiary alicyclic amines) is 1. The van der Waals surface area contributed by atoms with Crippen LogP contribution in [0.25, 0.3) is 10.2 Å². The van der Waals surface area contributed by atoms with Gasteiger partial charge < -0.3 is 9.80 Å². The average Bonchev–Trinajstić information content (AvgIpc) is 3.57. The molecule has 1 aliphatic heterocycles. The van der Waals surface area contributed by atoms with Gasteiger partial charge in [0.25, 0.3) is 5.91 Å². The van der Waals surface area contributed by atoms with E-state index in [0.29, 0.717) is 6.54 Å². The lowest BCUT2D eigenvalue weighted by Gasteiger charge is -2.33. The number of rotatable bonds is 4. The molecular formula is C26H29N3O2S. The normalized spacial score (nSPS) is 20.1. The number of hydrogen-bond donors (Lipinski definition) is 0. The number of carbonyl (C=O) groups is 2. The summed E-state index contributed by atoms with van der Waals surface area (Å²) >= 11 is 1.47. The summed E-state index contributed by atoms with van der Waals surface area (Å²) in [5.74, 6) is 0.441. The van der Waals surface area contributed by atoms with Gasteiger partial charge in [-0.3, -0.25) is 9.59 Å². The third-order valence-electron chi connectivity index (χ3n) is 7.18. The summed E-state index contributed by atoms with van der Waals surface area (Å²) in [7, 11) is 3.58. The minimum atomic E-state index is -0.392. The number of nitrogens with zero attached hydrogens (tertiary/aromatic N) is 3. The maximum Gasteiger partial charge on any atom is 0.263 e. The Balaban J connectivity index is 1.47. The van der Waals surface area contributed by atoms with Gasteiger partial charge >= 0.3 is 0 Å². The number of amides is 2. The van der Waals surface area contributed by atoms with Gasteiger partial charge in [-0.05, 0) is 36.5 Å². The summed E-state index contributed by atoms with van der Waals surface area (Å²) < 4.78 is 0. The molecule has 0 unspecified atom stereocenters. The molecule has 1 saturated carbocycles. The first-order valence-corrected chi connectivity index (χ1v) is 12.3. The van der Waals surface area contributed by atoms with E-state index in [4.69, 9.17) is 0 Å². The van der Waals surface area contributed by atoms with Crippen molar-refractivity contribution in [2.75, 3.05) is 27.2 Å². The third kappa shape index (κ3) is 3.41. The molecular weight excluding hydrogens is 418 g/mol. The summed E-state index contributed by atoms with van der Waals surface area (Å²) in [6.07, 6.45) is 6.70. The van der Waals surface area contributed by atoms with Gasteiger partial charge in [0, 0.05) is 44.7 Å². The zero-order chi connectivity index (χ0) is 22.3. The fraction of sp³-hybridized carbons (Fsp3) is 0.423. The smallest absolute Gasteiger partial charge is 0.263 e. The summed E-state index contributed by atoms with van der Waals surface area (Å²) in [5.41, 5.74) is 1.84. The van der Waals surface area contributed by atoms with Gasteiger partial charge in [0.05, 0.1) is 10.3 Å². The van der Waals surface area contributed by atoms with Crippen molar-refractivity contribution < 1.29 is 9.59 Å². The predicted octanol–water partition coefficient (Wildman–Crippen LogP) is 4.83. The molecule has 0 spiro atoms. The molecule has 1 saturated heterocycles. The van der Waals surface area contributed by atoms with Crippen molar-refractivity contribution in [1.82, 2.24) is 14.8 Å². The molecule has 0 N–H and O–H groups in total. The number of thiophene rings is 1. The Labute approximate surface area is 193 Å². The van der Waals surface area contributed by atoms with E-state index in [1.807, 2.05) is 24.3 Å². The number of carbonyl (C=O) groups excluding carboxylic acids is 2. The Kier molecular flexibility index (Phi) is 5.49. The highest BCUT2D eigenvalue weighted by atomic mass is 32.1. The van der Waals surface area contributed by atoms with Gasteiger partial charge in [0.2, 0.25) is 5.91 Å². The van der Waals surface area contributed by atoms with E-state index in [0.717, 1.165) is 64.9 Å². The molecule has 1 aromatic carbocycles. The van der Waals surface area contributed by atoms with Crippen molar-refractivity contribution in [1.29, 1.82) is 0 Å². The van der Waals surface area contributed by atoms with Crippen molar-refractivity contribution in [2.24, 2.45) is 0 Å². The molecule has 0 radical (unpaired) electrons. The van der Waals surface area contributed by atoms with Gasteiger partial charge in [0.15, 0.2) is 0 Å². The average molecular weight is 448 g/mol. The standard InChI is InChI=1S/C26H29N3O2S/c1-28(2)24(30)22-21(20-11-8-15-27-23(20)32-22)18-12-16-29(17-18)25(31)26(13-6-7-14-26)19-9-4-3-5-10-19/h3-5,8-11,15,18H,6-7,12-14,16-17H2,1-2H3/t18-/m0/s1. The van der Waals surface area contributed by atoms with Crippen LogP contribution in [-0.2, 0) is 10.2 Å². The van der Waals surface area contributed by atoms with E-state index in [9.17, 15) is 9.59 Å². The lowest BCUT2D eigenvalue weighted by molar-refractivity contribution is -0.136. The van der Waals surface area contributed by atoms with Crippen LogP contribution in [0.3, 0.4) is 0 Å². The van der Waals surface area contributed by atoms with Crippen LogP contribution < -0.4 is 0 Å². The highest BCUT2D eigenvalue weighted by Crippen LogP contribution is 2.45. The third-order valence-corrected chi connectivity index (χ3v) is 8.30. The molecule has 1 aliphatic carbocycles. The molecule has 166 valence electrons. The molecule has 2 aliphatic rings. The first-order valence-electron chi connectivity index (χ1n) is 11.5. The quantitative estimate of drug-likeness (QED) is 0.576. The van der Waals surface area contributed by atoms with Crippen molar-refractivity contribution >= 4 is 33.4 Å². The van der Waals surface area contributed by atoms with E-state index in [1.54, 1.807) is 25.2 Å². The second-order valence-corrected chi connectivity index (χ2v) is 10.3. The van der Waals surface area contributed by atoms with Crippen molar-refractivity contribution in [2.45, 2.75) is 43.4 Å². The van der Waals surface area contributed by atoms with Gasteiger partial charge in [-0.2, -0.15) is 0 Å². The lowest BCUT2D eigenvalue weighted by Crippen LogP contribution is -2.44. The van der Waals surface area contributed by atoms with Crippen LogP contribution >= 0.6 is 11.3 Å². The number of benzene rings is 1. The summed E-state index contributed by atoms with van der Waals surface area (Å²) in [6, 6.07) is 14.3. The van der Waals surface area contributed by atoms with Crippen LogP contribution in [0.1, 0.15) is 58.8 Å². The Morgan fingerprint density at radius 3 is 2.56 bits per heavy atom. The molecule has 2 aromatic heterocycles. The van der Waals surface area contributed by atoms with Crippen molar-refractivity contribution in [3.05, 3.63) is 64.7 Å². The van der Waals surface area contributed by atoms with Crippen LogP contribution in [0.4, 0.5) is 0 Å². The van der Waals surface area contributed by atoms with Crippen LogP contribution in [0, 0.1) is 0 Å². The largest absolute Gasteiger partial charge is 0.344 e. The monoisotopic (exact) mass is 447 g/mol. The topological polar surface area (TPSA) is 53.5 Å². The zero-order valence-corrected chi connectivity index (χ0v) is 19.5. The SMILES string of the molecule is CN(C)C(=O)c1sc2ncccc2c1[C@H]1CCN(C(=O)C2(c3ccccc3)CCCC2)C1. The van der Waals surface area contributed by atoms with Crippen LogP contribution in [0.2, 0.25) is 0 Å². The van der Waals surface area contributed by atoms with Crippen LogP contribution in [-0.4, -0.2) is 53.8 Å². The number of fused-ring (bicyclic) bond motifs is 1. The molecule has 32 heavy (non-hydrogen) atoms. The Hall–Kier alpha value is -2.73. The van der Waals surface area contributed by atoms with Crippen molar-refractivity contribution in [3.63, 3.8) is 0 Å². The predicted molar refractivity (Wildman–Crippen MR) is 128 cm³/mol. The maximum absolute atomic E-state index is 13.9. The van der Waals surface area contributed by atoms with Gasteiger partial charge in [0.1, 0.15) is 4.83 Å². The summed E-state index contributed by atoms with van der Waals surface area (Å²) in [4.78, 5) is 36.8. The first-order chi connectivity index (χ1) is 15.5. The maximum atomic E-state index is 13.9. The minimum absolute atomic E-state index is 0.0179. The van der Waals surface area contributed by atoms with E-state index < -0.39 is 5.41 Å². The highest BCUT2D eigenvalue weighted by molar-refractivity contribution is 7.20. The van der Waals surface area contributed by atoms with Gasteiger partial charge in [-0.15, -0.1) is 11.3 Å². The van der Waals surface area contributed by atoms with E-state index in [1.165, 1.54) is 11.3 Å². The second kappa shape index (κ2) is 8.32. The van der Waals surface area contributed by atoms with E-state index in [-0.39, 0.29) is 17.7 Å². The highest BCUT2D eigenvalue weighted by Gasteiger charge is 2.46. The van der Waals surface area contributed by atoms with Gasteiger partial charge in [-0.1, -0.05) is 49.2 Å². The Bertz CT molecular complexity index is 1150. The minimum Gasteiger partial charge on any atom is -0.344 e. The molecule has 2 amide bonds. The van der Waals surface area contributed by atoms with Crippen LogP contribution in [0.5, 0.6) is 0 Å². The summed E-state index contributed by atoms with van der Waals surface area (Å²) in [5, 5.41) is 1.06. The van der Waals surface area contributed by atoms with Crippen molar-refractivity contribution in [3.8, 4) is 0 Å². The molecule has 3 heterocycles. The second-order valence-electron chi connectivity index (χ2n) is 9.29. The molecule has 5 rings (SSSR count). The molecule has 1 atom stereocenters. The molecule has 6 heteroatoms. The fourth-order valence-electron chi connectivity index (χ4n) is 5.56.